The smallest absolute Gasteiger partial charge is 0.307 e. The third kappa shape index (κ3) is 5.99. The molecule has 1 aromatic rings. The minimum absolute atomic E-state index is 0.137. The molecular weight excluding hydrogens is 246 g/mol. The summed E-state index contributed by atoms with van der Waals surface area (Å²) in [6.07, 6.45) is 3.35. The van der Waals surface area contributed by atoms with Crippen molar-refractivity contribution in [1.29, 1.82) is 0 Å². The summed E-state index contributed by atoms with van der Waals surface area (Å²) in [4.78, 5) is 26.8. The molecule has 1 rings (SSSR count). The monoisotopic (exact) mass is 265 g/mol. The standard InChI is InChI=1S/C14H19NO4/c1-14(2,3)19-12(16)8-11(13(17)18)7-10-5-4-6-15-9-10/h4-6,9,11H,7-8H2,1-3H3,(H,17,18). The number of pyridine rings is 1. The number of hydrogen-bond acceptors (Lipinski definition) is 4. The first-order chi connectivity index (χ1) is 8.78. The van der Waals surface area contributed by atoms with Crippen molar-refractivity contribution in [1.82, 2.24) is 4.98 Å². The van der Waals surface area contributed by atoms with E-state index < -0.39 is 23.5 Å². The number of carbonyl (C=O) groups excluding carboxylic acids is 1. The number of esters is 1. The van der Waals surface area contributed by atoms with E-state index in [0.717, 1.165) is 5.56 Å². The van der Waals surface area contributed by atoms with E-state index in [1.54, 1.807) is 45.3 Å². The van der Waals surface area contributed by atoms with Crippen LogP contribution in [0.2, 0.25) is 0 Å². The van der Waals surface area contributed by atoms with Gasteiger partial charge >= 0.3 is 11.9 Å². The summed E-state index contributed by atoms with van der Waals surface area (Å²) in [7, 11) is 0. The first kappa shape index (κ1) is 15.1. The van der Waals surface area contributed by atoms with Crippen LogP contribution in [0, 0.1) is 5.92 Å². The van der Waals surface area contributed by atoms with Gasteiger partial charge in [0.05, 0.1) is 12.3 Å². The number of hydrogen-bond donors (Lipinski definition) is 1. The van der Waals surface area contributed by atoms with Crippen LogP contribution in [0.1, 0.15) is 32.8 Å². The van der Waals surface area contributed by atoms with Gasteiger partial charge in [-0.1, -0.05) is 6.07 Å². The number of carboxylic acids is 1. The molecule has 0 aromatic carbocycles. The van der Waals surface area contributed by atoms with Crippen LogP contribution in [0.4, 0.5) is 0 Å². The number of carboxylic acid groups (broad SMARTS) is 1. The molecule has 1 atom stereocenters. The summed E-state index contributed by atoms with van der Waals surface area (Å²) < 4.78 is 5.14. The van der Waals surface area contributed by atoms with E-state index in [1.165, 1.54) is 0 Å². The molecule has 5 heteroatoms. The van der Waals surface area contributed by atoms with Gasteiger partial charge in [0.1, 0.15) is 5.60 Å². The van der Waals surface area contributed by atoms with Gasteiger partial charge in [-0.25, -0.2) is 0 Å². The highest BCUT2D eigenvalue weighted by molar-refractivity contribution is 5.79. The van der Waals surface area contributed by atoms with Gasteiger partial charge in [-0.15, -0.1) is 0 Å². The number of ether oxygens (including phenoxy) is 1. The second kappa shape index (κ2) is 6.31. The molecule has 0 aliphatic heterocycles. The highest BCUT2D eigenvalue weighted by Crippen LogP contribution is 2.16. The Hall–Kier alpha value is -1.91. The zero-order valence-corrected chi connectivity index (χ0v) is 11.4. The summed E-state index contributed by atoms with van der Waals surface area (Å²) in [6, 6.07) is 3.53. The molecule has 0 radical (unpaired) electrons. The molecule has 1 unspecified atom stereocenters. The van der Waals surface area contributed by atoms with Crippen molar-refractivity contribution < 1.29 is 19.4 Å². The summed E-state index contributed by atoms with van der Waals surface area (Å²) in [6.45, 7) is 5.26. The van der Waals surface area contributed by atoms with Gasteiger partial charge < -0.3 is 9.84 Å². The Labute approximate surface area is 112 Å². The number of carbonyl (C=O) groups is 2. The second-order valence-corrected chi connectivity index (χ2v) is 5.39. The van der Waals surface area contributed by atoms with Crippen molar-refractivity contribution in [2.24, 2.45) is 5.92 Å². The first-order valence-corrected chi connectivity index (χ1v) is 6.11. The van der Waals surface area contributed by atoms with Crippen molar-refractivity contribution in [3.63, 3.8) is 0 Å². The Kier molecular flexibility index (Phi) is 5.03. The minimum Gasteiger partial charge on any atom is -0.481 e. The maximum absolute atomic E-state index is 11.7. The maximum atomic E-state index is 11.7. The molecule has 1 aromatic heterocycles. The fraction of sp³-hybridized carbons (Fsp3) is 0.500. The molecule has 0 saturated carbocycles. The number of nitrogens with zero attached hydrogens (tertiary/aromatic N) is 1. The van der Waals surface area contributed by atoms with E-state index in [4.69, 9.17) is 9.84 Å². The van der Waals surface area contributed by atoms with Crippen LogP contribution in [-0.4, -0.2) is 27.6 Å². The van der Waals surface area contributed by atoms with Crippen molar-refractivity contribution in [2.75, 3.05) is 0 Å². The minimum atomic E-state index is -1.00. The molecular formula is C14H19NO4. The lowest BCUT2D eigenvalue weighted by Gasteiger charge is -2.21. The topological polar surface area (TPSA) is 76.5 Å². The maximum Gasteiger partial charge on any atom is 0.307 e. The molecule has 0 amide bonds. The zero-order chi connectivity index (χ0) is 14.5. The van der Waals surface area contributed by atoms with Gasteiger partial charge in [-0.2, -0.15) is 0 Å². The first-order valence-electron chi connectivity index (χ1n) is 6.11. The van der Waals surface area contributed by atoms with Gasteiger partial charge in [-0.3, -0.25) is 14.6 Å². The normalized spacial score (nSPS) is 12.8. The highest BCUT2D eigenvalue weighted by Gasteiger charge is 2.25. The van der Waals surface area contributed by atoms with Gasteiger partial charge in [0.2, 0.25) is 0 Å². The van der Waals surface area contributed by atoms with Crippen molar-refractivity contribution >= 4 is 11.9 Å². The predicted octanol–water partition coefficient (Wildman–Crippen LogP) is 2.06. The molecule has 104 valence electrons. The molecule has 0 aliphatic rings. The van der Waals surface area contributed by atoms with Gasteiger partial charge in [0.25, 0.3) is 0 Å². The van der Waals surface area contributed by atoms with Crippen molar-refractivity contribution in [3.05, 3.63) is 30.1 Å². The second-order valence-electron chi connectivity index (χ2n) is 5.39. The highest BCUT2D eigenvalue weighted by atomic mass is 16.6. The predicted molar refractivity (Wildman–Crippen MR) is 69.5 cm³/mol. The Bertz CT molecular complexity index is 437. The largest absolute Gasteiger partial charge is 0.481 e. The van der Waals surface area contributed by atoms with E-state index in [-0.39, 0.29) is 12.8 Å². The summed E-state index contributed by atoms with van der Waals surface area (Å²) >= 11 is 0. The third-order valence-electron chi connectivity index (χ3n) is 2.39. The lowest BCUT2D eigenvalue weighted by Crippen LogP contribution is -2.28. The molecule has 19 heavy (non-hydrogen) atoms. The fourth-order valence-electron chi connectivity index (χ4n) is 1.63. The Morgan fingerprint density at radius 3 is 2.58 bits per heavy atom. The molecule has 1 N–H and O–H groups in total. The van der Waals surface area contributed by atoms with E-state index in [9.17, 15) is 9.59 Å². The zero-order valence-electron chi connectivity index (χ0n) is 11.4. The van der Waals surface area contributed by atoms with Crippen LogP contribution < -0.4 is 0 Å². The molecule has 5 nitrogen and oxygen atoms in total. The molecule has 0 spiro atoms. The number of rotatable bonds is 5. The van der Waals surface area contributed by atoms with Gasteiger partial charge in [0.15, 0.2) is 0 Å². The Morgan fingerprint density at radius 2 is 2.11 bits per heavy atom. The average Bonchev–Trinajstić information content (AvgIpc) is 2.26. The average molecular weight is 265 g/mol. The van der Waals surface area contributed by atoms with Crippen LogP contribution in [0.15, 0.2) is 24.5 Å². The fourth-order valence-corrected chi connectivity index (χ4v) is 1.63. The van der Waals surface area contributed by atoms with Crippen molar-refractivity contribution in [2.45, 2.75) is 39.2 Å². The number of aromatic nitrogens is 1. The molecule has 0 fully saturated rings. The molecule has 1 heterocycles. The van der Waals surface area contributed by atoms with Gasteiger partial charge in [0, 0.05) is 12.4 Å². The lowest BCUT2D eigenvalue weighted by atomic mass is 9.97. The molecule has 0 bridgehead atoms. The summed E-state index contributed by atoms with van der Waals surface area (Å²) in [5.74, 6) is -2.29. The van der Waals surface area contributed by atoms with Crippen LogP contribution in [-0.2, 0) is 20.7 Å². The van der Waals surface area contributed by atoms with Crippen LogP contribution >= 0.6 is 0 Å². The summed E-state index contributed by atoms with van der Waals surface area (Å²) in [5, 5.41) is 9.15. The van der Waals surface area contributed by atoms with E-state index in [0.29, 0.717) is 0 Å². The SMILES string of the molecule is CC(C)(C)OC(=O)CC(Cc1cccnc1)C(=O)O. The lowest BCUT2D eigenvalue weighted by molar-refractivity contribution is -0.159. The molecule has 0 aliphatic carbocycles. The van der Waals surface area contributed by atoms with Crippen LogP contribution in [0.5, 0.6) is 0 Å². The number of aliphatic carboxylic acids is 1. The summed E-state index contributed by atoms with van der Waals surface area (Å²) in [5.41, 5.74) is 0.188. The van der Waals surface area contributed by atoms with E-state index in [1.807, 2.05) is 0 Å². The quantitative estimate of drug-likeness (QED) is 0.824. The van der Waals surface area contributed by atoms with E-state index >= 15 is 0 Å². The van der Waals surface area contributed by atoms with Crippen LogP contribution in [0.3, 0.4) is 0 Å². The Balaban J connectivity index is 2.64. The van der Waals surface area contributed by atoms with Crippen LogP contribution in [0.25, 0.3) is 0 Å². The molecule has 0 saturated heterocycles. The van der Waals surface area contributed by atoms with Crippen molar-refractivity contribution in [3.8, 4) is 0 Å². The van der Waals surface area contributed by atoms with Gasteiger partial charge in [-0.05, 0) is 38.8 Å². The Morgan fingerprint density at radius 1 is 1.42 bits per heavy atom. The third-order valence-corrected chi connectivity index (χ3v) is 2.39. The van der Waals surface area contributed by atoms with E-state index in [2.05, 4.69) is 4.98 Å².